The SMILES string of the molecule is COc1cc(O)c2c(=O)c(O[C@@H]3O[C@H](CO)[C@@H](O)[C@H](O)[C@H]3O[C@@H]3OC[C@](O)(COC(=O)C=Cc4ccc(O)c(OC)c4)[C@H]3O)c(-c3ccc(O)cc3)oc2c1. The number of aromatic hydroxyl groups is 3. The molecular weight excluding hydrogens is 732 g/mol. The van der Waals surface area contributed by atoms with Gasteiger partial charge in [-0.05, 0) is 48.0 Å². The number of aliphatic hydroxyl groups is 5. The number of rotatable bonds is 12. The van der Waals surface area contributed by atoms with Crippen molar-refractivity contribution in [2.24, 2.45) is 0 Å². The molecule has 1 aromatic heterocycles. The molecule has 0 spiro atoms. The molecule has 0 unspecified atom stereocenters. The fourth-order valence-corrected chi connectivity index (χ4v) is 5.96. The number of carbonyl (C=O) groups is 1. The molecule has 0 aliphatic carbocycles. The molecule has 0 bridgehead atoms. The van der Waals surface area contributed by atoms with Crippen LogP contribution in [0.25, 0.3) is 28.4 Å². The minimum atomic E-state index is -2.23. The van der Waals surface area contributed by atoms with E-state index in [2.05, 4.69) is 0 Å². The summed E-state index contributed by atoms with van der Waals surface area (Å²) in [6.45, 7) is -2.24. The van der Waals surface area contributed by atoms with Crippen LogP contribution in [0.1, 0.15) is 5.56 Å². The molecule has 294 valence electrons. The molecule has 18 nitrogen and oxygen atoms in total. The van der Waals surface area contributed by atoms with E-state index in [4.69, 9.17) is 37.6 Å². The first-order valence-corrected chi connectivity index (χ1v) is 16.6. The van der Waals surface area contributed by atoms with Gasteiger partial charge in [0.15, 0.2) is 35.3 Å². The summed E-state index contributed by atoms with van der Waals surface area (Å²) in [6, 6.07) is 12.2. The quantitative estimate of drug-likeness (QED) is 0.0720. The topological polar surface area (TPSA) is 274 Å². The second-order valence-corrected chi connectivity index (χ2v) is 12.7. The zero-order valence-corrected chi connectivity index (χ0v) is 29.2. The summed E-state index contributed by atoms with van der Waals surface area (Å²) in [5, 5.41) is 84.1. The van der Waals surface area contributed by atoms with Crippen LogP contribution >= 0.6 is 0 Å². The van der Waals surface area contributed by atoms with Gasteiger partial charge in [-0.1, -0.05) is 6.07 Å². The first-order chi connectivity index (χ1) is 26.3. The van der Waals surface area contributed by atoms with E-state index in [9.17, 15) is 50.4 Å². The smallest absolute Gasteiger partial charge is 0.330 e. The monoisotopic (exact) mass is 770 g/mol. The minimum absolute atomic E-state index is 0.107. The Morgan fingerprint density at radius 1 is 0.945 bits per heavy atom. The molecule has 2 aliphatic rings. The maximum Gasteiger partial charge on any atom is 0.330 e. The Labute approximate surface area is 311 Å². The van der Waals surface area contributed by atoms with Gasteiger partial charge in [0, 0.05) is 23.8 Å². The summed E-state index contributed by atoms with van der Waals surface area (Å²) < 4.78 is 44.4. The van der Waals surface area contributed by atoms with Gasteiger partial charge >= 0.3 is 5.97 Å². The average molecular weight is 771 g/mol. The maximum atomic E-state index is 14.0. The van der Waals surface area contributed by atoms with Gasteiger partial charge in [0.05, 0.1) is 27.4 Å². The lowest BCUT2D eigenvalue weighted by atomic mass is 9.98. The summed E-state index contributed by atoms with van der Waals surface area (Å²) in [7, 11) is 2.69. The highest BCUT2D eigenvalue weighted by atomic mass is 16.8. The predicted molar refractivity (Wildman–Crippen MR) is 186 cm³/mol. The van der Waals surface area contributed by atoms with Crippen LogP contribution in [0.2, 0.25) is 0 Å². The van der Waals surface area contributed by atoms with E-state index in [-0.39, 0.29) is 45.3 Å². The Kier molecular flexibility index (Phi) is 11.5. The van der Waals surface area contributed by atoms with Crippen molar-refractivity contribution < 1.29 is 83.2 Å². The largest absolute Gasteiger partial charge is 0.508 e. The third-order valence-corrected chi connectivity index (χ3v) is 9.01. The van der Waals surface area contributed by atoms with Gasteiger partial charge in [-0.3, -0.25) is 4.79 Å². The number of benzene rings is 3. The number of hydrogen-bond donors (Lipinski definition) is 8. The molecule has 8 N–H and O–H groups in total. The zero-order valence-electron chi connectivity index (χ0n) is 29.2. The molecule has 2 saturated heterocycles. The Balaban J connectivity index is 1.25. The summed E-state index contributed by atoms with van der Waals surface area (Å²) in [5.74, 6) is -2.18. The highest BCUT2D eigenvalue weighted by Crippen LogP contribution is 2.39. The molecule has 2 aliphatic heterocycles. The van der Waals surface area contributed by atoms with Gasteiger partial charge in [-0.2, -0.15) is 0 Å². The number of hydrogen-bond acceptors (Lipinski definition) is 18. The Hall–Kier alpha value is -5.44. The number of esters is 1. The van der Waals surface area contributed by atoms with Gasteiger partial charge in [0.25, 0.3) is 0 Å². The van der Waals surface area contributed by atoms with Crippen LogP contribution in [-0.2, 0) is 23.7 Å². The van der Waals surface area contributed by atoms with Gasteiger partial charge in [0.1, 0.15) is 59.2 Å². The van der Waals surface area contributed by atoms with Crippen LogP contribution in [0, 0.1) is 0 Å². The van der Waals surface area contributed by atoms with E-state index >= 15 is 0 Å². The lowest BCUT2D eigenvalue weighted by Gasteiger charge is -2.42. The number of phenols is 3. The summed E-state index contributed by atoms with van der Waals surface area (Å²) >= 11 is 0. The molecule has 0 saturated carbocycles. The van der Waals surface area contributed by atoms with Crippen LogP contribution in [0.5, 0.6) is 34.5 Å². The fraction of sp³-hybridized carbons (Fsp3) is 0.351. The molecular formula is C37H38O18. The highest BCUT2D eigenvalue weighted by molar-refractivity contribution is 5.88. The van der Waals surface area contributed by atoms with Gasteiger partial charge in [-0.25, -0.2) is 4.79 Å². The van der Waals surface area contributed by atoms with Crippen molar-refractivity contribution >= 4 is 23.0 Å². The van der Waals surface area contributed by atoms with Crippen molar-refractivity contribution in [2.45, 2.75) is 48.7 Å². The minimum Gasteiger partial charge on any atom is -0.508 e. The Bertz CT molecular complexity index is 2100. The number of phenolic OH excluding ortho intramolecular Hbond substituents is 3. The predicted octanol–water partition coefficient (Wildman–Crippen LogP) is 0.502. The number of ether oxygens (including phenoxy) is 7. The number of methoxy groups -OCH3 is 2. The number of carbonyl (C=O) groups excluding carboxylic acids is 1. The van der Waals surface area contributed by atoms with E-state index in [0.29, 0.717) is 5.56 Å². The van der Waals surface area contributed by atoms with Crippen molar-refractivity contribution in [3.05, 3.63) is 76.5 Å². The molecule has 0 radical (unpaired) electrons. The molecule has 6 rings (SSSR count). The number of aliphatic hydroxyl groups excluding tert-OH is 4. The summed E-state index contributed by atoms with van der Waals surface area (Å²) in [5.41, 5.74) is -2.60. The molecule has 8 atom stereocenters. The molecule has 3 heterocycles. The van der Waals surface area contributed by atoms with E-state index in [1.807, 2.05) is 0 Å². The van der Waals surface area contributed by atoms with Crippen molar-refractivity contribution in [1.82, 2.24) is 0 Å². The maximum absolute atomic E-state index is 14.0. The van der Waals surface area contributed by atoms with Crippen LogP contribution in [0.15, 0.2) is 69.9 Å². The Morgan fingerprint density at radius 3 is 2.38 bits per heavy atom. The third kappa shape index (κ3) is 8.02. The molecule has 4 aromatic rings. The first-order valence-electron chi connectivity index (χ1n) is 16.6. The van der Waals surface area contributed by atoms with E-state index in [1.165, 1.54) is 68.8 Å². The van der Waals surface area contributed by atoms with Crippen LogP contribution in [0.3, 0.4) is 0 Å². The van der Waals surface area contributed by atoms with Crippen LogP contribution in [0.4, 0.5) is 0 Å². The summed E-state index contributed by atoms with van der Waals surface area (Å²) in [4.78, 5) is 26.5. The fourth-order valence-electron chi connectivity index (χ4n) is 5.96. The van der Waals surface area contributed by atoms with Gasteiger partial charge in [-0.15, -0.1) is 0 Å². The second-order valence-electron chi connectivity index (χ2n) is 12.7. The van der Waals surface area contributed by atoms with E-state index in [0.717, 1.165) is 12.1 Å². The highest BCUT2D eigenvalue weighted by Gasteiger charge is 2.54. The molecule has 3 aromatic carbocycles. The lowest BCUT2D eigenvalue weighted by Crippen LogP contribution is -2.62. The van der Waals surface area contributed by atoms with E-state index < -0.39 is 91.4 Å². The normalized spacial score (nSPS) is 26.6. The molecule has 2 fully saturated rings. The number of fused-ring (bicyclic) bond motifs is 1. The van der Waals surface area contributed by atoms with E-state index in [1.54, 1.807) is 0 Å². The average Bonchev–Trinajstić information content (AvgIpc) is 3.46. The van der Waals surface area contributed by atoms with Crippen molar-refractivity contribution in [3.63, 3.8) is 0 Å². The first kappa shape index (κ1) is 39.3. The zero-order chi connectivity index (χ0) is 39.6. The van der Waals surface area contributed by atoms with Crippen LogP contribution < -0.4 is 19.6 Å². The molecule has 18 heteroatoms. The third-order valence-electron chi connectivity index (χ3n) is 9.01. The van der Waals surface area contributed by atoms with Gasteiger partial charge < -0.3 is 78.4 Å². The second kappa shape index (κ2) is 16.1. The Morgan fingerprint density at radius 2 is 1.69 bits per heavy atom. The van der Waals surface area contributed by atoms with Crippen molar-refractivity contribution in [3.8, 4) is 45.8 Å². The standard InChI is InChI=1S/C37H38O18/c1-48-20-12-22(41)27-24(13-20)52-31(18-5-7-19(39)8-6-18)32(29(27)44)54-35-33(30(45)28(43)25(14-38)53-35)55-36-34(46)37(47,16-51-36)15-50-26(42)10-4-17-3-9-21(40)23(11-17)49-2/h3-13,25,28,30,33-36,38-41,43,45-47H,14-16H2,1-2H3/t25-,28-,30+,33-,34+,35+,36+,37-/m1/s1. The lowest BCUT2D eigenvalue weighted by molar-refractivity contribution is -0.319. The molecule has 0 amide bonds. The van der Waals surface area contributed by atoms with Gasteiger partial charge in [0.2, 0.25) is 17.5 Å². The van der Waals surface area contributed by atoms with Crippen LogP contribution in [-0.4, -0.2) is 130 Å². The van der Waals surface area contributed by atoms with Crippen molar-refractivity contribution in [2.75, 3.05) is 34.0 Å². The van der Waals surface area contributed by atoms with Crippen molar-refractivity contribution in [1.29, 1.82) is 0 Å². The summed E-state index contributed by atoms with van der Waals surface area (Å²) in [6.07, 6.45) is -10.2. The molecule has 55 heavy (non-hydrogen) atoms.